The van der Waals surface area contributed by atoms with Crippen LogP contribution in [0.15, 0.2) is 41.3 Å². The van der Waals surface area contributed by atoms with Crippen molar-refractivity contribution in [1.29, 1.82) is 0 Å². The molecule has 0 unspecified atom stereocenters. The van der Waals surface area contributed by atoms with Crippen LogP contribution < -0.4 is 10.0 Å². The lowest BCUT2D eigenvalue weighted by Crippen LogP contribution is -2.35. The minimum absolute atomic E-state index is 0. The van der Waals surface area contributed by atoms with Crippen molar-refractivity contribution in [3.8, 4) is 0 Å². The molecular formula is C18H18F4N2O4S2. The van der Waals surface area contributed by atoms with E-state index in [0.29, 0.717) is 13.0 Å². The van der Waals surface area contributed by atoms with Crippen molar-refractivity contribution >= 4 is 35.1 Å². The first kappa shape index (κ1) is 24.1. The first-order valence-electron chi connectivity index (χ1n) is 8.46. The Kier molecular flexibility index (Phi) is 7.86. The molecule has 1 fully saturated rings. The third-order valence-electron chi connectivity index (χ3n) is 4.24. The van der Waals surface area contributed by atoms with Crippen LogP contribution in [-0.4, -0.2) is 33.6 Å². The summed E-state index contributed by atoms with van der Waals surface area (Å²) in [4.78, 5) is 11.6. The first-order valence-corrected chi connectivity index (χ1v) is 9.95. The molecule has 12 heteroatoms. The molecule has 0 spiro atoms. The topological polar surface area (TPSA) is 84.5 Å². The van der Waals surface area contributed by atoms with Gasteiger partial charge in [-0.25, -0.2) is 30.7 Å². The summed E-state index contributed by atoms with van der Waals surface area (Å²) >= 11 is 0. The molecule has 2 N–H and O–H groups in total. The summed E-state index contributed by atoms with van der Waals surface area (Å²) < 4.78 is 86.0. The highest BCUT2D eigenvalue weighted by atomic mass is 32.2. The quantitative estimate of drug-likeness (QED) is 0.640. The number of amides is 1. The Morgan fingerprint density at radius 2 is 1.90 bits per heavy atom. The van der Waals surface area contributed by atoms with Crippen LogP contribution in [-0.2, 0) is 14.8 Å². The highest BCUT2D eigenvalue weighted by Gasteiger charge is 2.28. The fourth-order valence-corrected chi connectivity index (χ4v) is 4.15. The van der Waals surface area contributed by atoms with Crippen LogP contribution in [0.3, 0.4) is 0 Å². The van der Waals surface area contributed by atoms with E-state index in [4.69, 9.17) is 4.74 Å². The maximum atomic E-state index is 14.8. The number of alkyl halides is 2. The molecule has 2 aromatic rings. The summed E-state index contributed by atoms with van der Waals surface area (Å²) in [6, 6.07) is 5.19. The molecule has 0 aromatic heterocycles. The molecule has 1 aliphatic heterocycles. The lowest BCUT2D eigenvalue weighted by Gasteiger charge is -2.14. The first-order chi connectivity index (χ1) is 13.7. The standard InChI is InChI=1S/C18H16F4N2O4S.H2S/c19-14-5-4-10(8-13(14)17(21)22)23-18(25)12-2-1-3-15(16(12)20)29(26,27)24-11-6-7-28-9-11;/h1-5,8,11,17,24H,6-7,9H2,(H,23,25);1H2/t11-;/m0./s1. The zero-order valence-electron chi connectivity index (χ0n) is 15.3. The van der Waals surface area contributed by atoms with Gasteiger partial charge in [0, 0.05) is 18.3 Å². The van der Waals surface area contributed by atoms with Gasteiger partial charge in [-0.05, 0) is 36.8 Å². The number of carbonyl (C=O) groups excluding carboxylic acids is 1. The van der Waals surface area contributed by atoms with E-state index in [0.717, 1.165) is 30.3 Å². The van der Waals surface area contributed by atoms with Gasteiger partial charge in [-0.1, -0.05) is 6.07 Å². The third-order valence-corrected chi connectivity index (χ3v) is 5.78. The molecule has 30 heavy (non-hydrogen) atoms. The molecule has 1 aliphatic rings. The van der Waals surface area contributed by atoms with E-state index < -0.39 is 56.1 Å². The fourth-order valence-electron chi connectivity index (χ4n) is 2.79. The van der Waals surface area contributed by atoms with E-state index in [1.807, 2.05) is 0 Å². The number of halogens is 4. The molecule has 1 amide bonds. The summed E-state index contributed by atoms with van der Waals surface area (Å²) in [5, 5.41) is 2.16. The van der Waals surface area contributed by atoms with Gasteiger partial charge in [-0.3, -0.25) is 4.79 Å². The fraction of sp³-hybridized carbons (Fsp3) is 0.278. The molecule has 2 aromatic carbocycles. The van der Waals surface area contributed by atoms with Crippen molar-refractivity contribution in [3.63, 3.8) is 0 Å². The van der Waals surface area contributed by atoms with Crippen LogP contribution in [0.2, 0.25) is 0 Å². The highest BCUT2D eigenvalue weighted by Crippen LogP contribution is 2.26. The van der Waals surface area contributed by atoms with E-state index in [2.05, 4.69) is 10.0 Å². The van der Waals surface area contributed by atoms with Crippen LogP contribution in [0.25, 0.3) is 0 Å². The molecular weight excluding hydrogens is 448 g/mol. The molecule has 0 saturated carbocycles. The minimum atomic E-state index is -4.26. The molecule has 1 saturated heterocycles. The van der Waals surface area contributed by atoms with E-state index in [1.54, 1.807) is 0 Å². The Balaban J connectivity index is 0.00000320. The van der Waals surface area contributed by atoms with Crippen LogP contribution >= 0.6 is 13.5 Å². The highest BCUT2D eigenvalue weighted by molar-refractivity contribution is 7.89. The van der Waals surface area contributed by atoms with Gasteiger partial charge in [0.05, 0.1) is 17.7 Å². The van der Waals surface area contributed by atoms with E-state index in [9.17, 15) is 30.8 Å². The van der Waals surface area contributed by atoms with Gasteiger partial charge in [0.2, 0.25) is 10.0 Å². The van der Waals surface area contributed by atoms with E-state index in [-0.39, 0.29) is 25.8 Å². The summed E-state index contributed by atoms with van der Waals surface area (Å²) in [6.45, 7) is 0.522. The van der Waals surface area contributed by atoms with Crippen LogP contribution in [0.4, 0.5) is 23.2 Å². The van der Waals surface area contributed by atoms with Gasteiger partial charge in [0.25, 0.3) is 12.3 Å². The predicted molar refractivity (Wildman–Crippen MR) is 106 cm³/mol. The van der Waals surface area contributed by atoms with Crippen LogP contribution in [0.5, 0.6) is 0 Å². The minimum Gasteiger partial charge on any atom is -0.380 e. The summed E-state index contributed by atoms with van der Waals surface area (Å²) in [7, 11) is -4.26. The smallest absolute Gasteiger partial charge is 0.266 e. The molecule has 0 aliphatic carbocycles. The molecule has 0 radical (unpaired) electrons. The number of carbonyl (C=O) groups is 1. The monoisotopic (exact) mass is 466 g/mol. The maximum Gasteiger partial charge on any atom is 0.266 e. The number of hydrogen-bond donors (Lipinski definition) is 2. The van der Waals surface area contributed by atoms with Crippen molar-refractivity contribution in [2.24, 2.45) is 0 Å². The summed E-state index contributed by atoms with van der Waals surface area (Å²) in [5.41, 5.74) is -1.73. The van der Waals surface area contributed by atoms with Crippen molar-refractivity contribution < 1.29 is 35.5 Å². The largest absolute Gasteiger partial charge is 0.380 e. The predicted octanol–water partition coefficient (Wildman–Crippen LogP) is 3.33. The number of rotatable bonds is 6. The third kappa shape index (κ3) is 5.31. The lowest BCUT2D eigenvalue weighted by molar-refractivity contribution is 0.102. The zero-order chi connectivity index (χ0) is 21.2. The Hall–Kier alpha value is -2.15. The molecule has 164 valence electrons. The number of hydrogen-bond acceptors (Lipinski definition) is 4. The van der Waals surface area contributed by atoms with E-state index in [1.165, 1.54) is 6.07 Å². The van der Waals surface area contributed by atoms with Crippen molar-refractivity contribution in [2.75, 3.05) is 18.5 Å². The number of nitrogens with one attached hydrogen (secondary N) is 2. The zero-order valence-corrected chi connectivity index (χ0v) is 17.1. The average molecular weight is 466 g/mol. The van der Waals surface area contributed by atoms with Gasteiger partial charge >= 0.3 is 0 Å². The van der Waals surface area contributed by atoms with Gasteiger partial charge in [0.15, 0.2) is 5.82 Å². The van der Waals surface area contributed by atoms with Gasteiger partial charge in [0.1, 0.15) is 10.7 Å². The Labute approximate surface area is 177 Å². The normalized spacial score (nSPS) is 16.4. The van der Waals surface area contributed by atoms with E-state index >= 15 is 0 Å². The number of sulfonamides is 1. The molecule has 0 bridgehead atoms. The van der Waals surface area contributed by atoms with Crippen molar-refractivity contribution in [1.82, 2.24) is 4.72 Å². The number of benzene rings is 2. The second kappa shape index (κ2) is 9.77. The average Bonchev–Trinajstić information content (AvgIpc) is 3.15. The summed E-state index contributed by atoms with van der Waals surface area (Å²) in [6.07, 6.45) is -2.68. The Morgan fingerprint density at radius 3 is 2.53 bits per heavy atom. The molecule has 3 rings (SSSR count). The van der Waals surface area contributed by atoms with Gasteiger partial charge in [-0.2, -0.15) is 13.5 Å². The van der Waals surface area contributed by atoms with Crippen LogP contribution in [0.1, 0.15) is 28.8 Å². The summed E-state index contributed by atoms with van der Waals surface area (Å²) in [5.74, 6) is -3.53. The second-order valence-corrected chi connectivity index (χ2v) is 7.97. The van der Waals surface area contributed by atoms with Crippen molar-refractivity contribution in [2.45, 2.75) is 23.8 Å². The second-order valence-electron chi connectivity index (χ2n) is 6.29. The van der Waals surface area contributed by atoms with Crippen LogP contribution in [0, 0.1) is 11.6 Å². The molecule has 1 heterocycles. The van der Waals surface area contributed by atoms with Gasteiger partial charge < -0.3 is 10.1 Å². The lowest BCUT2D eigenvalue weighted by atomic mass is 10.1. The molecule has 6 nitrogen and oxygen atoms in total. The Morgan fingerprint density at radius 1 is 1.17 bits per heavy atom. The van der Waals surface area contributed by atoms with Crippen molar-refractivity contribution in [3.05, 3.63) is 59.2 Å². The van der Waals surface area contributed by atoms with Gasteiger partial charge in [-0.15, -0.1) is 0 Å². The number of ether oxygens (including phenoxy) is 1. The molecule has 1 atom stereocenters. The maximum absolute atomic E-state index is 14.8. The number of anilines is 1. The SMILES string of the molecule is O=C(Nc1ccc(F)c(C(F)F)c1)c1cccc(S(=O)(=O)N[C@H]2CCOC2)c1F.S. The Bertz CT molecular complexity index is 1030.